The molecule has 2 aromatic carbocycles. The molecule has 0 bridgehead atoms. The lowest BCUT2D eigenvalue weighted by Crippen LogP contribution is -2.12. The summed E-state index contributed by atoms with van der Waals surface area (Å²) in [7, 11) is 0. The smallest absolute Gasteiger partial charge is 0.451 e. The number of fused-ring (bicyclic) bond motifs is 1. The number of benzene rings is 2. The molecular formula is C16H12F3N3O. The summed E-state index contributed by atoms with van der Waals surface area (Å²) in [5, 5.41) is 12.6. The van der Waals surface area contributed by atoms with Gasteiger partial charge in [-0.1, -0.05) is 11.6 Å². The molecule has 118 valence electrons. The average Bonchev–Trinajstić information content (AvgIpc) is 2.49. The number of hydrogen-bond acceptors (Lipinski definition) is 4. The highest BCUT2D eigenvalue weighted by Gasteiger charge is 2.35. The minimum absolute atomic E-state index is 0.0647. The molecule has 1 aromatic heterocycles. The molecule has 0 saturated carbocycles. The van der Waals surface area contributed by atoms with Gasteiger partial charge < -0.3 is 10.4 Å². The zero-order valence-corrected chi connectivity index (χ0v) is 12.0. The Morgan fingerprint density at radius 2 is 1.70 bits per heavy atom. The van der Waals surface area contributed by atoms with E-state index in [1.807, 2.05) is 6.92 Å². The van der Waals surface area contributed by atoms with Crippen molar-refractivity contribution < 1.29 is 18.3 Å². The molecule has 23 heavy (non-hydrogen) atoms. The van der Waals surface area contributed by atoms with E-state index < -0.39 is 12.0 Å². The van der Waals surface area contributed by atoms with Gasteiger partial charge in [-0.3, -0.25) is 0 Å². The van der Waals surface area contributed by atoms with Crippen LogP contribution in [0.5, 0.6) is 5.75 Å². The maximum absolute atomic E-state index is 13.0. The van der Waals surface area contributed by atoms with Gasteiger partial charge in [-0.05, 0) is 43.3 Å². The van der Waals surface area contributed by atoms with Gasteiger partial charge in [0, 0.05) is 11.1 Å². The van der Waals surface area contributed by atoms with E-state index in [4.69, 9.17) is 0 Å². The summed E-state index contributed by atoms with van der Waals surface area (Å²) in [6.07, 6.45) is -4.63. The number of rotatable bonds is 2. The Bertz CT molecular complexity index is 861. The second-order valence-electron chi connectivity index (χ2n) is 5.09. The Hall–Kier alpha value is -2.83. The molecule has 0 atom stereocenters. The largest absolute Gasteiger partial charge is 0.508 e. The number of aryl methyl sites for hydroxylation is 1. The van der Waals surface area contributed by atoms with E-state index in [0.29, 0.717) is 11.1 Å². The van der Waals surface area contributed by atoms with Crippen LogP contribution in [0.1, 0.15) is 11.4 Å². The van der Waals surface area contributed by atoms with Gasteiger partial charge in [-0.15, -0.1) is 0 Å². The SMILES string of the molecule is Cc1ccc2nc(C(F)(F)F)nc(Nc3ccc(O)cc3)c2c1. The molecule has 4 nitrogen and oxygen atoms in total. The van der Waals surface area contributed by atoms with E-state index in [1.165, 1.54) is 18.2 Å². The van der Waals surface area contributed by atoms with Crippen molar-refractivity contribution in [3.63, 3.8) is 0 Å². The van der Waals surface area contributed by atoms with Crippen LogP contribution in [0, 0.1) is 6.92 Å². The number of hydrogen-bond donors (Lipinski definition) is 2. The van der Waals surface area contributed by atoms with Crippen LogP contribution in [0.15, 0.2) is 42.5 Å². The van der Waals surface area contributed by atoms with Crippen LogP contribution in [-0.2, 0) is 6.18 Å². The van der Waals surface area contributed by atoms with Crippen LogP contribution in [-0.4, -0.2) is 15.1 Å². The monoisotopic (exact) mass is 319 g/mol. The van der Waals surface area contributed by atoms with Crippen LogP contribution in [0.4, 0.5) is 24.7 Å². The van der Waals surface area contributed by atoms with Crippen molar-refractivity contribution in [2.24, 2.45) is 0 Å². The third kappa shape index (κ3) is 3.18. The van der Waals surface area contributed by atoms with E-state index in [0.717, 1.165) is 5.56 Å². The normalized spacial score (nSPS) is 11.7. The first kappa shape index (κ1) is 15.1. The summed E-state index contributed by atoms with van der Waals surface area (Å²) in [5.74, 6) is -1.07. The van der Waals surface area contributed by atoms with Crippen molar-refractivity contribution in [2.75, 3.05) is 5.32 Å². The number of phenolic OH excluding ortho intramolecular Hbond substituents is 1. The molecule has 0 radical (unpaired) electrons. The standard InChI is InChI=1S/C16H12F3N3O/c1-9-2-7-13-12(8-9)14(22-15(21-13)16(17,18)19)20-10-3-5-11(23)6-4-10/h2-8,23H,1H3,(H,20,21,22). The van der Waals surface area contributed by atoms with Gasteiger partial charge in [-0.2, -0.15) is 13.2 Å². The molecule has 0 aliphatic rings. The maximum atomic E-state index is 13.0. The molecule has 7 heteroatoms. The Balaban J connectivity index is 2.15. The molecule has 0 spiro atoms. The van der Waals surface area contributed by atoms with E-state index in [1.54, 1.807) is 24.3 Å². The molecule has 0 amide bonds. The molecule has 3 aromatic rings. The third-order valence-corrected chi connectivity index (χ3v) is 3.23. The molecule has 0 fully saturated rings. The summed E-state index contributed by atoms with van der Waals surface area (Å²) in [6.45, 7) is 1.83. The Morgan fingerprint density at radius 3 is 2.35 bits per heavy atom. The summed E-state index contributed by atoms with van der Waals surface area (Å²) < 4.78 is 38.9. The van der Waals surface area contributed by atoms with E-state index in [2.05, 4.69) is 15.3 Å². The van der Waals surface area contributed by atoms with Crippen LogP contribution in [0.3, 0.4) is 0 Å². The highest BCUT2D eigenvalue weighted by Crippen LogP contribution is 2.32. The van der Waals surface area contributed by atoms with Gasteiger partial charge in [0.2, 0.25) is 5.82 Å². The minimum Gasteiger partial charge on any atom is -0.508 e. The lowest BCUT2D eigenvalue weighted by atomic mass is 10.1. The first-order valence-corrected chi connectivity index (χ1v) is 6.74. The highest BCUT2D eigenvalue weighted by atomic mass is 19.4. The summed E-state index contributed by atoms with van der Waals surface area (Å²) >= 11 is 0. The lowest BCUT2D eigenvalue weighted by Gasteiger charge is -2.13. The van der Waals surface area contributed by atoms with Crippen LogP contribution < -0.4 is 5.32 Å². The fourth-order valence-electron chi connectivity index (χ4n) is 2.15. The second kappa shape index (κ2) is 5.42. The Kier molecular flexibility index (Phi) is 3.55. The number of aromatic nitrogens is 2. The fraction of sp³-hybridized carbons (Fsp3) is 0.125. The molecule has 3 rings (SSSR count). The second-order valence-corrected chi connectivity index (χ2v) is 5.09. The van der Waals surface area contributed by atoms with Crippen molar-refractivity contribution in [3.05, 3.63) is 53.9 Å². The summed E-state index contributed by atoms with van der Waals surface area (Å²) in [4.78, 5) is 7.21. The first-order valence-electron chi connectivity index (χ1n) is 6.74. The molecule has 0 aliphatic heterocycles. The highest BCUT2D eigenvalue weighted by molar-refractivity contribution is 5.91. The molecular weight excluding hydrogens is 307 g/mol. The average molecular weight is 319 g/mol. The van der Waals surface area contributed by atoms with Crippen LogP contribution in [0.25, 0.3) is 10.9 Å². The molecule has 0 aliphatic carbocycles. The topological polar surface area (TPSA) is 58.0 Å². The fourth-order valence-corrected chi connectivity index (χ4v) is 2.15. The van der Waals surface area contributed by atoms with Crippen LogP contribution in [0.2, 0.25) is 0 Å². The van der Waals surface area contributed by atoms with Gasteiger partial charge in [-0.25, -0.2) is 9.97 Å². The molecule has 2 N–H and O–H groups in total. The molecule has 0 unspecified atom stereocenters. The van der Waals surface area contributed by atoms with E-state index in [9.17, 15) is 18.3 Å². The van der Waals surface area contributed by atoms with Gasteiger partial charge in [0.1, 0.15) is 11.6 Å². The van der Waals surface area contributed by atoms with Gasteiger partial charge in [0.05, 0.1) is 5.52 Å². The molecule has 0 saturated heterocycles. The van der Waals surface area contributed by atoms with Crippen molar-refractivity contribution in [3.8, 4) is 5.75 Å². The van der Waals surface area contributed by atoms with E-state index >= 15 is 0 Å². The number of anilines is 2. The number of phenols is 1. The number of halogens is 3. The van der Waals surface area contributed by atoms with Crippen LogP contribution >= 0.6 is 0 Å². The Labute approximate surface area is 129 Å². The maximum Gasteiger partial charge on any atom is 0.451 e. The zero-order chi connectivity index (χ0) is 16.6. The van der Waals surface area contributed by atoms with Crippen molar-refractivity contribution >= 4 is 22.4 Å². The van der Waals surface area contributed by atoms with Crippen molar-refractivity contribution in [2.45, 2.75) is 13.1 Å². The quantitative estimate of drug-likeness (QED) is 0.687. The predicted molar refractivity (Wildman–Crippen MR) is 80.7 cm³/mol. The predicted octanol–water partition coefficient (Wildman–Crippen LogP) is 4.41. The number of nitrogens with one attached hydrogen (secondary N) is 1. The number of aromatic hydroxyl groups is 1. The van der Waals surface area contributed by atoms with Gasteiger partial charge >= 0.3 is 6.18 Å². The van der Waals surface area contributed by atoms with Gasteiger partial charge in [0.15, 0.2) is 0 Å². The molecule has 1 heterocycles. The van der Waals surface area contributed by atoms with Gasteiger partial charge in [0.25, 0.3) is 0 Å². The minimum atomic E-state index is -4.63. The van der Waals surface area contributed by atoms with Crippen molar-refractivity contribution in [1.29, 1.82) is 0 Å². The lowest BCUT2D eigenvalue weighted by molar-refractivity contribution is -0.144. The Morgan fingerprint density at radius 1 is 1.00 bits per heavy atom. The summed E-state index contributed by atoms with van der Waals surface area (Å²) in [6, 6.07) is 10.9. The number of nitrogens with zero attached hydrogens (tertiary/aromatic N) is 2. The zero-order valence-electron chi connectivity index (χ0n) is 12.0. The summed E-state index contributed by atoms with van der Waals surface area (Å²) in [5.41, 5.74) is 1.60. The third-order valence-electron chi connectivity index (χ3n) is 3.23. The first-order chi connectivity index (χ1) is 10.8. The van der Waals surface area contributed by atoms with Crippen molar-refractivity contribution in [1.82, 2.24) is 9.97 Å². The number of alkyl halides is 3. The van der Waals surface area contributed by atoms with E-state index in [-0.39, 0.29) is 17.1 Å².